The van der Waals surface area contributed by atoms with E-state index in [1.54, 1.807) is 20.8 Å². The standard InChI is InChI=1S/C28H31F6N5O4/c1-26(2,3)43-25(42)35-18(13-39-15-27(30,31)10-8-21(39)40)12-22(41)38-11-9-19-20(14-38)36-24(37-23(19)28(32,33)34)16-4-6-17(29)7-5-16/h4-7,18H,8-15H2,1-3H3,(H,35,42)/t18-/m0/s1. The summed E-state index contributed by atoms with van der Waals surface area (Å²) < 4.78 is 88.6. The molecule has 0 unspecified atom stereocenters. The van der Waals surface area contributed by atoms with E-state index < -0.39 is 85.5 Å². The molecule has 1 fully saturated rings. The SMILES string of the molecule is CC(C)(C)OC(=O)N[C@@H](CC(=O)N1CCc2c(nc(-c3ccc(F)cc3)nc2C(F)(F)F)C1)CN1CC(F)(F)CCC1=O. The maximum atomic E-state index is 14.1. The number of halogens is 6. The number of ether oxygens (including phenoxy) is 1. The molecule has 43 heavy (non-hydrogen) atoms. The number of likely N-dealkylation sites (tertiary alicyclic amines) is 1. The smallest absolute Gasteiger partial charge is 0.433 e. The van der Waals surface area contributed by atoms with E-state index in [1.807, 2.05) is 0 Å². The molecule has 15 heteroatoms. The summed E-state index contributed by atoms with van der Waals surface area (Å²) in [6.07, 6.45) is -7.44. The van der Waals surface area contributed by atoms with E-state index in [0.717, 1.165) is 17.0 Å². The van der Waals surface area contributed by atoms with E-state index in [1.165, 1.54) is 17.0 Å². The van der Waals surface area contributed by atoms with E-state index in [4.69, 9.17) is 4.74 Å². The van der Waals surface area contributed by atoms with Crippen LogP contribution in [0.15, 0.2) is 24.3 Å². The molecule has 0 aliphatic carbocycles. The summed E-state index contributed by atoms with van der Waals surface area (Å²) in [5.74, 6) is -5.21. The van der Waals surface area contributed by atoms with E-state index >= 15 is 0 Å². The number of alkyl carbamates (subject to hydrolysis) is 1. The topological polar surface area (TPSA) is 105 Å². The molecule has 1 aromatic heterocycles. The molecule has 0 bridgehead atoms. The Balaban J connectivity index is 1.57. The number of nitrogens with zero attached hydrogens (tertiary/aromatic N) is 4. The summed E-state index contributed by atoms with van der Waals surface area (Å²) in [4.78, 5) is 48.3. The van der Waals surface area contributed by atoms with Gasteiger partial charge < -0.3 is 19.9 Å². The second-order valence-corrected chi connectivity index (χ2v) is 11.6. The maximum Gasteiger partial charge on any atom is 0.433 e. The number of carbonyl (C=O) groups is 3. The molecule has 0 saturated carbocycles. The van der Waals surface area contributed by atoms with Gasteiger partial charge in [-0.3, -0.25) is 9.59 Å². The molecule has 1 aromatic carbocycles. The number of amides is 3. The van der Waals surface area contributed by atoms with Crippen molar-refractivity contribution >= 4 is 17.9 Å². The van der Waals surface area contributed by atoms with Crippen LogP contribution in [-0.4, -0.2) is 74.9 Å². The summed E-state index contributed by atoms with van der Waals surface area (Å²) >= 11 is 0. The lowest BCUT2D eigenvalue weighted by molar-refractivity contribution is -0.148. The van der Waals surface area contributed by atoms with Gasteiger partial charge in [0.15, 0.2) is 11.5 Å². The normalized spacial score (nSPS) is 17.7. The molecule has 3 heterocycles. The molecule has 1 atom stereocenters. The van der Waals surface area contributed by atoms with Crippen molar-refractivity contribution in [3.05, 3.63) is 47.0 Å². The third-order valence-corrected chi connectivity index (χ3v) is 6.85. The van der Waals surface area contributed by atoms with Gasteiger partial charge in [-0.1, -0.05) is 0 Å². The van der Waals surface area contributed by atoms with Crippen LogP contribution in [0.3, 0.4) is 0 Å². The summed E-state index contributed by atoms with van der Waals surface area (Å²) in [6, 6.07) is 3.46. The number of hydrogen-bond acceptors (Lipinski definition) is 6. The van der Waals surface area contributed by atoms with Crippen LogP contribution >= 0.6 is 0 Å². The fraction of sp³-hybridized carbons (Fsp3) is 0.536. The number of piperidine rings is 1. The van der Waals surface area contributed by atoms with Crippen molar-refractivity contribution in [3.63, 3.8) is 0 Å². The number of nitrogens with one attached hydrogen (secondary N) is 1. The van der Waals surface area contributed by atoms with Crippen LogP contribution in [0.5, 0.6) is 0 Å². The predicted octanol–water partition coefficient (Wildman–Crippen LogP) is 4.73. The van der Waals surface area contributed by atoms with Gasteiger partial charge in [-0.2, -0.15) is 13.2 Å². The Morgan fingerprint density at radius 3 is 2.40 bits per heavy atom. The molecular formula is C28H31F6N5O4. The van der Waals surface area contributed by atoms with Crippen molar-refractivity contribution < 1.29 is 45.5 Å². The number of aromatic nitrogens is 2. The van der Waals surface area contributed by atoms with Crippen LogP contribution in [0.1, 0.15) is 57.0 Å². The molecule has 1 saturated heterocycles. The second kappa shape index (κ2) is 12.0. The largest absolute Gasteiger partial charge is 0.444 e. The maximum absolute atomic E-state index is 14.1. The van der Waals surface area contributed by atoms with Crippen LogP contribution < -0.4 is 5.32 Å². The average molecular weight is 616 g/mol. The fourth-order valence-electron chi connectivity index (χ4n) is 4.91. The van der Waals surface area contributed by atoms with Crippen molar-refractivity contribution in [3.8, 4) is 11.4 Å². The Morgan fingerprint density at radius 2 is 1.77 bits per heavy atom. The van der Waals surface area contributed by atoms with Gasteiger partial charge in [0, 0.05) is 43.5 Å². The highest BCUT2D eigenvalue weighted by Gasteiger charge is 2.41. The van der Waals surface area contributed by atoms with Crippen LogP contribution in [0, 0.1) is 5.82 Å². The number of alkyl halides is 5. The van der Waals surface area contributed by atoms with E-state index in [-0.39, 0.29) is 42.2 Å². The van der Waals surface area contributed by atoms with Gasteiger partial charge in [-0.25, -0.2) is 27.9 Å². The first-order valence-corrected chi connectivity index (χ1v) is 13.6. The number of rotatable bonds is 6. The fourth-order valence-corrected chi connectivity index (χ4v) is 4.91. The average Bonchev–Trinajstić information content (AvgIpc) is 2.88. The summed E-state index contributed by atoms with van der Waals surface area (Å²) in [5.41, 5.74) is -2.15. The van der Waals surface area contributed by atoms with Gasteiger partial charge >= 0.3 is 12.3 Å². The monoisotopic (exact) mass is 615 g/mol. The Labute approximate surface area is 243 Å². The first-order chi connectivity index (χ1) is 19.9. The molecular weight excluding hydrogens is 584 g/mol. The minimum absolute atomic E-state index is 0.0521. The highest BCUT2D eigenvalue weighted by molar-refractivity contribution is 5.80. The number of benzene rings is 1. The summed E-state index contributed by atoms with van der Waals surface area (Å²) in [6.45, 7) is 3.06. The van der Waals surface area contributed by atoms with Gasteiger partial charge in [0.25, 0.3) is 5.92 Å². The van der Waals surface area contributed by atoms with E-state index in [0.29, 0.717) is 0 Å². The Hall–Kier alpha value is -3.91. The van der Waals surface area contributed by atoms with E-state index in [9.17, 15) is 40.7 Å². The van der Waals surface area contributed by atoms with Crippen molar-refractivity contribution in [1.82, 2.24) is 25.1 Å². The Bertz CT molecular complexity index is 1380. The highest BCUT2D eigenvalue weighted by Crippen LogP contribution is 2.35. The van der Waals surface area contributed by atoms with Gasteiger partial charge in [0.05, 0.1) is 24.8 Å². The molecule has 234 valence electrons. The number of hydrogen-bond donors (Lipinski definition) is 1. The van der Waals surface area contributed by atoms with Crippen molar-refractivity contribution in [2.75, 3.05) is 19.6 Å². The van der Waals surface area contributed by atoms with Crippen LogP contribution in [0.4, 0.5) is 31.1 Å². The van der Waals surface area contributed by atoms with Crippen molar-refractivity contribution in [1.29, 1.82) is 0 Å². The van der Waals surface area contributed by atoms with Gasteiger partial charge in [-0.05, 0) is 51.5 Å². The second-order valence-electron chi connectivity index (χ2n) is 11.6. The Kier molecular flexibility index (Phi) is 8.93. The van der Waals surface area contributed by atoms with Gasteiger partial charge in [0.2, 0.25) is 11.8 Å². The van der Waals surface area contributed by atoms with Crippen LogP contribution in [0.2, 0.25) is 0 Å². The molecule has 2 aromatic rings. The quantitative estimate of drug-likeness (QED) is 0.472. The molecule has 0 spiro atoms. The lowest BCUT2D eigenvalue weighted by Crippen LogP contribution is -2.53. The minimum Gasteiger partial charge on any atom is -0.444 e. The lowest BCUT2D eigenvalue weighted by Gasteiger charge is -2.36. The highest BCUT2D eigenvalue weighted by atomic mass is 19.4. The van der Waals surface area contributed by atoms with Gasteiger partial charge in [-0.15, -0.1) is 0 Å². The number of carbonyl (C=O) groups excluding carboxylic acids is 3. The zero-order valence-electron chi connectivity index (χ0n) is 23.7. The van der Waals surface area contributed by atoms with Crippen LogP contribution in [-0.2, 0) is 33.5 Å². The molecule has 2 aliphatic rings. The Morgan fingerprint density at radius 1 is 1.09 bits per heavy atom. The molecule has 0 radical (unpaired) electrons. The molecule has 1 N–H and O–H groups in total. The third-order valence-electron chi connectivity index (χ3n) is 6.85. The summed E-state index contributed by atoms with van der Waals surface area (Å²) in [7, 11) is 0. The first-order valence-electron chi connectivity index (χ1n) is 13.6. The third kappa shape index (κ3) is 8.35. The zero-order chi connectivity index (χ0) is 31.7. The number of fused-ring (bicyclic) bond motifs is 1. The first kappa shape index (κ1) is 32.0. The van der Waals surface area contributed by atoms with Crippen LogP contribution in [0.25, 0.3) is 11.4 Å². The van der Waals surface area contributed by atoms with Crippen molar-refractivity contribution in [2.24, 2.45) is 0 Å². The zero-order valence-corrected chi connectivity index (χ0v) is 23.7. The lowest BCUT2D eigenvalue weighted by atomic mass is 10.0. The molecule has 2 aliphatic heterocycles. The van der Waals surface area contributed by atoms with E-state index in [2.05, 4.69) is 15.3 Å². The molecule has 4 rings (SSSR count). The molecule has 9 nitrogen and oxygen atoms in total. The van der Waals surface area contributed by atoms with Gasteiger partial charge in [0.1, 0.15) is 11.4 Å². The molecule has 3 amide bonds. The summed E-state index contributed by atoms with van der Waals surface area (Å²) in [5, 5.41) is 2.47. The minimum atomic E-state index is -4.82. The van der Waals surface area contributed by atoms with Crippen molar-refractivity contribution in [2.45, 2.75) is 76.7 Å². The predicted molar refractivity (Wildman–Crippen MR) is 140 cm³/mol.